The summed E-state index contributed by atoms with van der Waals surface area (Å²) in [5.74, 6) is 1.21. The smallest absolute Gasteiger partial charge is 0.289 e. The van der Waals surface area contributed by atoms with Gasteiger partial charge >= 0.3 is 0 Å². The molecule has 0 aliphatic carbocycles. The van der Waals surface area contributed by atoms with Crippen LogP contribution in [0.4, 0.5) is 0 Å². The Labute approximate surface area is 177 Å². The van der Waals surface area contributed by atoms with Gasteiger partial charge in [-0.15, -0.1) is 10.2 Å². The minimum absolute atomic E-state index is 0.0871. The van der Waals surface area contributed by atoms with Crippen molar-refractivity contribution in [3.63, 3.8) is 0 Å². The second-order valence-corrected chi connectivity index (χ2v) is 8.74. The first-order valence-electron chi connectivity index (χ1n) is 10.7. The molecule has 0 unspecified atom stereocenters. The second-order valence-electron chi connectivity index (χ2n) is 8.74. The number of likely N-dealkylation sites (N-methyl/N-ethyl adjacent to an activating group) is 1. The van der Waals surface area contributed by atoms with Gasteiger partial charge in [0.15, 0.2) is 0 Å². The number of fused-ring (bicyclic) bond motifs is 1. The fourth-order valence-electron chi connectivity index (χ4n) is 4.53. The van der Waals surface area contributed by atoms with Crippen molar-refractivity contribution in [3.8, 4) is 0 Å². The van der Waals surface area contributed by atoms with Gasteiger partial charge in [0.2, 0.25) is 5.82 Å². The zero-order valence-electron chi connectivity index (χ0n) is 17.8. The third-order valence-corrected chi connectivity index (χ3v) is 6.37. The van der Waals surface area contributed by atoms with E-state index in [1.165, 1.54) is 0 Å². The second kappa shape index (κ2) is 8.55. The average Bonchev–Trinajstić information content (AvgIpc) is 3.30. The molecule has 1 fully saturated rings. The van der Waals surface area contributed by atoms with E-state index in [-0.39, 0.29) is 17.2 Å². The molecule has 1 aromatic carbocycles. The molecule has 2 aromatic rings. The molecule has 2 aliphatic rings. The molecule has 2 aliphatic heterocycles. The topological polar surface area (TPSA) is 83.4 Å². The van der Waals surface area contributed by atoms with Gasteiger partial charge in [0.1, 0.15) is 5.82 Å². The fourth-order valence-corrected chi connectivity index (χ4v) is 4.53. The zero-order chi connectivity index (χ0) is 21.1. The van der Waals surface area contributed by atoms with E-state index in [9.17, 15) is 9.59 Å². The Bertz CT molecular complexity index is 910. The number of amides is 2. The van der Waals surface area contributed by atoms with Crippen LogP contribution in [-0.2, 0) is 13.0 Å². The number of benzene rings is 1. The van der Waals surface area contributed by atoms with Crippen LogP contribution in [0.5, 0.6) is 0 Å². The van der Waals surface area contributed by atoms with Gasteiger partial charge in [0.25, 0.3) is 11.8 Å². The van der Waals surface area contributed by atoms with E-state index in [1.54, 1.807) is 0 Å². The zero-order valence-corrected chi connectivity index (χ0v) is 17.8. The first kappa shape index (κ1) is 20.5. The lowest BCUT2D eigenvalue weighted by Crippen LogP contribution is -2.34. The number of nitrogens with one attached hydrogen (secondary N) is 1. The lowest BCUT2D eigenvalue weighted by atomic mass is 9.80. The number of carbonyl (C=O) groups excluding carboxylic acids is 2. The van der Waals surface area contributed by atoms with Gasteiger partial charge in [-0.1, -0.05) is 18.2 Å². The van der Waals surface area contributed by atoms with Crippen LogP contribution in [0.25, 0.3) is 0 Å². The highest BCUT2D eigenvalue weighted by molar-refractivity contribution is 5.94. The Morgan fingerprint density at radius 3 is 2.63 bits per heavy atom. The molecule has 1 aromatic heterocycles. The van der Waals surface area contributed by atoms with Crippen LogP contribution < -0.4 is 5.32 Å². The number of rotatable bonds is 5. The van der Waals surface area contributed by atoms with Crippen molar-refractivity contribution in [3.05, 3.63) is 47.5 Å². The van der Waals surface area contributed by atoms with E-state index >= 15 is 0 Å². The predicted octanol–water partition coefficient (Wildman–Crippen LogP) is 1.44. The number of aromatic nitrogens is 3. The monoisotopic (exact) mass is 410 g/mol. The third kappa shape index (κ3) is 4.23. The highest BCUT2D eigenvalue weighted by Gasteiger charge is 2.41. The van der Waals surface area contributed by atoms with Crippen molar-refractivity contribution in [2.45, 2.75) is 32.2 Å². The first-order chi connectivity index (χ1) is 14.5. The minimum atomic E-state index is -0.168. The summed E-state index contributed by atoms with van der Waals surface area (Å²) in [6, 6.07) is 9.49. The number of nitrogens with zero attached hydrogens (tertiary/aromatic N) is 5. The maximum absolute atomic E-state index is 12.9. The normalized spacial score (nSPS) is 21.0. The molecule has 1 saturated heterocycles. The quantitative estimate of drug-likeness (QED) is 0.806. The number of aryl methyl sites for hydroxylation is 1. The maximum Gasteiger partial charge on any atom is 0.289 e. The van der Waals surface area contributed by atoms with Gasteiger partial charge in [0.05, 0.1) is 0 Å². The van der Waals surface area contributed by atoms with Gasteiger partial charge in [-0.25, -0.2) is 0 Å². The van der Waals surface area contributed by atoms with Crippen molar-refractivity contribution < 1.29 is 9.59 Å². The molecule has 3 heterocycles. The van der Waals surface area contributed by atoms with E-state index < -0.39 is 0 Å². The van der Waals surface area contributed by atoms with Crippen molar-refractivity contribution in [1.82, 2.24) is 29.9 Å². The number of likely N-dealkylation sites (tertiary alicyclic amines) is 1. The van der Waals surface area contributed by atoms with Gasteiger partial charge in [-0.3, -0.25) is 9.59 Å². The van der Waals surface area contributed by atoms with Crippen LogP contribution in [0.1, 0.15) is 46.1 Å². The Morgan fingerprint density at radius 2 is 1.87 bits per heavy atom. The first-order valence-corrected chi connectivity index (χ1v) is 10.7. The fraction of sp³-hybridized carbons (Fsp3) is 0.545. The van der Waals surface area contributed by atoms with Crippen LogP contribution in [-0.4, -0.2) is 76.7 Å². The summed E-state index contributed by atoms with van der Waals surface area (Å²) < 4.78 is 1.97. The van der Waals surface area contributed by atoms with Crippen molar-refractivity contribution >= 4 is 11.8 Å². The Kier molecular flexibility index (Phi) is 5.85. The van der Waals surface area contributed by atoms with E-state index in [0.29, 0.717) is 18.9 Å². The Morgan fingerprint density at radius 1 is 1.10 bits per heavy atom. The molecule has 8 nitrogen and oxygen atoms in total. The summed E-state index contributed by atoms with van der Waals surface area (Å²) in [6.07, 6.45) is 3.67. The SMILES string of the molecule is CN(C)CCNC(=O)c1nnc2n1CC[C@]1(CC2)CCN(C(=O)c2ccccc2)C1. The lowest BCUT2D eigenvalue weighted by molar-refractivity contribution is 0.0767. The van der Waals surface area contributed by atoms with Gasteiger partial charge < -0.3 is 19.7 Å². The molecular weight excluding hydrogens is 380 g/mol. The Hall–Kier alpha value is -2.74. The van der Waals surface area contributed by atoms with Crippen molar-refractivity contribution in [1.29, 1.82) is 0 Å². The third-order valence-electron chi connectivity index (χ3n) is 6.37. The van der Waals surface area contributed by atoms with E-state index in [2.05, 4.69) is 15.5 Å². The maximum atomic E-state index is 12.9. The number of hydrogen-bond acceptors (Lipinski definition) is 5. The van der Waals surface area contributed by atoms with Gasteiger partial charge in [-0.2, -0.15) is 0 Å². The van der Waals surface area contributed by atoms with Crippen LogP contribution in [0.2, 0.25) is 0 Å². The van der Waals surface area contributed by atoms with Crippen molar-refractivity contribution in [2.75, 3.05) is 40.3 Å². The molecule has 0 bridgehead atoms. The molecule has 1 atom stereocenters. The molecule has 30 heavy (non-hydrogen) atoms. The summed E-state index contributed by atoms with van der Waals surface area (Å²) in [5, 5.41) is 11.4. The van der Waals surface area contributed by atoms with Gasteiger partial charge in [-0.05, 0) is 50.9 Å². The standard InChI is InChI=1S/C22H30N6O2/c1-26(2)15-12-23-20(29)19-25-24-18-8-9-22(11-14-28(18)19)10-13-27(16-22)21(30)17-6-4-3-5-7-17/h3-7H,8-16H2,1-2H3,(H,23,29)/t22-/m0/s1. The molecule has 1 N–H and O–H groups in total. The summed E-state index contributed by atoms with van der Waals surface area (Å²) in [4.78, 5) is 29.4. The van der Waals surface area contributed by atoms with Crippen LogP contribution >= 0.6 is 0 Å². The molecule has 8 heteroatoms. The molecule has 4 rings (SSSR count). The Balaban J connectivity index is 1.41. The van der Waals surface area contributed by atoms with E-state index in [1.807, 2.05) is 58.8 Å². The average molecular weight is 411 g/mol. The molecule has 160 valence electrons. The van der Waals surface area contributed by atoms with Crippen molar-refractivity contribution in [2.24, 2.45) is 5.41 Å². The lowest BCUT2D eigenvalue weighted by Gasteiger charge is -2.27. The summed E-state index contributed by atoms with van der Waals surface area (Å²) in [6.45, 7) is 3.62. The highest BCUT2D eigenvalue weighted by Crippen LogP contribution is 2.41. The predicted molar refractivity (Wildman–Crippen MR) is 113 cm³/mol. The van der Waals surface area contributed by atoms with Crippen LogP contribution in [0, 0.1) is 5.41 Å². The van der Waals surface area contributed by atoms with E-state index in [0.717, 1.165) is 56.7 Å². The minimum Gasteiger partial charge on any atom is -0.348 e. The summed E-state index contributed by atoms with van der Waals surface area (Å²) in [7, 11) is 3.95. The largest absolute Gasteiger partial charge is 0.348 e. The molecule has 0 radical (unpaired) electrons. The highest BCUT2D eigenvalue weighted by atomic mass is 16.2. The molecule has 2 amide bonds. The number of carbonyl (C=O) groups is 2. The summed E-state index contributed by atoms with van der Waals surface area (Å²) in [5.41, 5.74) is 0.834. The van der Waals surface area contributed by atoms with Gasteiger partial charge in [0, 0.05) is 44.7 Å². The van der Waals surface area contributed by atoms with Crippen LogP contribution in [0.3, 0.4) is 0 Å². The molecule has 0 saturated carbocycles. The van der Waals surface area contributed by atoms with E-state index in [4.69, 9.17) is 0 Å². The number of hydrogen-bond donors (Lipinski definition) is 1. The summed E-state index contributed by atoms with van der Waals surface area (Å²) >= 11 is 0. The van der Waals surface area contributed by atoms with Crippen LogP contribution in [0.15, 0.2) is 30.3 Å². The molecule has 1 spiro atoms. The molecular formula is C22H30N6O2.